The zero-order chi connectivity index (χ0) is 14.6. The fraction of sp³-hybridized carbons (Fsp3) is 0.333. The summed E-state index contributed by atoms with van der Waals surface area (Å²) >= 11 is 0. The van der Waals surface area contributed by atoms with E-state index in [4.69, 9.17) is 4.74 Å². The molecule has 0 aromatic heterocycles. The fourth-order valence-corrected chi connectivity index (χ4v) is 2.03. The Morgan fingerprint density at radius 1 is 1.15 bits per heavy atom. The summed E-state index contributed by atoms with van der Waals surface area (Å²) in [6.45, 7) is -0.0863. The molecule has 2 rings (SSSR count). The van der Waals surface area contributed by atoms with Gasteiger partial charge >= 0.3 is 6.18 Å². The van der Waals surface area contributed by atoms with Gasteiger partial charge in [0.15, 0.2) is 5.76 Å². The second kappa shape index (κ2) is 6.11. The molecule has 0 unspecified atom stereocenters. The van der Waals surface area contributed by atoms with Crippen molar-refractivity contribution in [3.63, 3.8) is 0 Å². The van der Waals surface area contributed by atoms with Crippen molar-refractivity contribution in [3.8, 4) is 0 Å². The van der Waals surface area contributed by atoms with Gasteiger partial charge in [0, 0.05) is 0 Å². The highest BCUT2D eigenvalue weighted by Crippen LogP contribution is 2.36. The molecule has 0 aliphatic heterocycles. The highest BCUT2D eigenvalue weighted by Gasteiger charge is 2.39. The third kappa shape index (κ3) is 3.62. The van der Waals surface area contributed by atoms with E-state index in [0.717, 1.165) is 6.42 Å². The third-order valence-corrected chi connectivity index (χ3v) is 3.01. The Balaban J connectivity index is 2.20. The monoisotopic (exact) mass is 286 g/mol. The third-order valence-electron chi connectivity index (χ3n) is 3.01. The Morgan fingerprint density at radius 2 is 1.85 bits per heavy atom. The van der Waals surface area contributed by atoms with Crippen LogP contribution in [0.15, 0.2) is 53.6 Å². The summed E-state index contributed by atoms with van der Waals surface area (Å²) in [5.74, 6) is -2.82. The number of hydrogen-bond acceptors (Lipinski definition) is 1. The summed E-state index contributed by atoms with van der Waals surface area (Å²) in [6, 6.07) is 8.71. The number of benzene rings is 1. The highest BCUT2D eigenvalue weighted by molar-refractivity contribution is 5.32. The number of allylic oxidation sites excluding steroid dienone is 3. The van der Waals surface area contributed by atoms with Crippen molar-refractivity contribution in [2.75, 3.05) is 0 Å². The van der Waals surface area contributed by atoms with E-state index >= 15 is 0 Å². The Kier molecular flexibility index (Phi) is 4.47. The van der Waals surface area contributed by atoms with Gasteiger partial charge < -0.3 is 4.74 Å². The van der Waals surface area contributed by atoms with E-state index in [1.54, 1.807) is 36.4 Å². The van der Waals surface area contributed by atoms with Crippen molar-refractivity contribution < 1.29 is 22.3 Å². The van der Waals surface area contributed by atoms with E-state index < -0.39 is 17.8 Å². The molecule has 0 N–H and O–H groups in total. The van der Waals surface area contributed by atoms with Gasteiger partial charge in [-0.15, -0.1) is 0 Å². The van der Waals surface area contributed by atoms with Gasteiger partial charge in [-0.1, -0.05) is 36.4 Å². The van der Waals surface area contributed by atoms with Crippen LogP contribution in [-0.4, -0.2) is 6.18 Å². The van der Waals surface area contributed by atoms with Gasteiger partial charge in [0.05, 0.1) is 0 Å². The maximum Gasteiger partial charge on any atom is 0.446 e. The molecule has 5 heteroatoms. The lowest BCUT2D eigenvalue weighted by molar-refractivity contribution is -0.113. The van der Waals surface area contributed by atoms with Crippen molar-refractivity contribution in [1.29, 1.82) is 0 Å². The topological polar surface area (TPSA) is 9.23 Å². The van der Waals surface area contributed by atoms with E-state index in [1.807, 2.05) is 0 Å². The second-order valence-corrected chi connectivity index (χ2v) is 4.54. The minimum absolute atomic E-state index is 0.0863. The first-order valence-corrected chi connectivity index (χ1v) is 6.31. The molecular weight excluding hydrogens is 272 g/mol. The lowest BCUT2D eigenvalue weighted by Crippen LogP contribution is -2.13. The lowest BCUT2D eigenvalue weighted by Gasteiger charge is -2.14. The van der Waals surface area contributed by atoms with Crippen LogP contribution in [0.4, 0.5) is 17.6 Å². The zero-order valence-electron chi connectivity index (χ0n) is 10.7. The van der Waals surface area contributed by atoms with Crippen LogP contribution in [0.1, 0.15) is 24.8 Å². The van der Waals surface area contributed by atoms with E-state index in [0.29, 0.717) is 24.0 Å². The molecule has 108 valence electrons. The Hall–Kier alpha value is -1.78. The average molecular weight is 286 g/mol. The smallest absolute Gasteiger partial charge is 0.446 e. The van der Waals surface area contributed by atoms with Crippen molar-refractivity contribution in [2.24, 2.45) is 0 Å². The standard InChI is InChI=1S/C15H14F4O/c16-14(15(17,18)19)13(12-8-4-5-9-12)20-10-11-6-2-1-3-7-11/h1-3,6-8H,4-5,9-10H2. The molecule has 0 radical (unpaired) electrons. The van der Waals surface area contributed by atoms with E-state index in [9.17, 15) is 17.6 Å². The second-order valence-electron chi connectivity index (χ2n) is 4.54. The number of halogens is 4. The van der Waals surface area contributed by atoms with Gasteiger partial charge in [0.2, 0.25) is 5.83 Å². The molecule has 1 nitrogen and oxygen atoms in total. The predicted molar refractivity (Wildman–Crippen MR) is 67.4 cm³/mol. The molecule has 20 heavy (non-hydrogen) atoms. The molecule has 1 aliphatic carbocycles. The number of hydrogen-bond donors (Lipinski definition) is 0. The molecule has 1 aromatic carbocycles. The summed E-state index contributed by atoms with van der Waals surface area (Å²) in [4.78, 5) is 0. The normalized spacial score (nSPS) is 16.7. The number of alkyl halides is 3. The molecule has 0 spiro atoms. The summed E-state index contributed by atoms with van der Waals surface area (Å²) in [7, 11) is 0. The summed E-state index contributed by atoms with van der Waals surface area (Å²) in [5, 5.41) is 0. The van der Waals surface area contributed by atoms with Gasteiger partial charge in [0.1, 0.15) is 6.61 Å². The minimum atomic E-state index is -5.02. The Labute approximate surface area is 114 Å². The predicted octanol–water partition coefficient (Wildman–Crippen LogP) is 5.06. The van der Waals surface area contributed by atoms with Gasteiger partial charge in [0.25, 0.3) is 0 Å². The molecule has 0 bridgehead atoms. The maximum absolute atomic E-state index is 13.5. The summed E-state index contributed by atoms with van der Waals surface area (Å²) < 4.78 is 56.2. The van der Waals surface area contributed by atoms with E-state index in [-0.39, 0.29) is 6.61 Å². The van der Waals surface area contributed by atoms with Crippen LogP contribution < -0.4 is 0 Å². The van der Waals surface area contributed by atoms with Gasteiger partial charge in [-0.3, -0.25) is 0 Å². The van der Waals surface area contributed by atoms with Crippen molar-refractivity contribution in [3.05, 3.63) is 59.1 Å². The molecule has 0 atom stereocenters. The molecule has 1 aliphatic rings. The van der Waals surface area contributed by atoms with Crippen LogP contribution in [0.25, 0.3) is 0 Å². The number of ether oxygens (including phenoxy) is 1. The van der Waals surface area contributed by atoms with Crippen LogP contribution in [-0.2, 0) is 11.3 Å². The molecule has 0 fully saturated rings. The van der Waals surface area contributed by atoms with Crippen LogP contribution in [0.3, 0.4) is 0 Å². The molecular formula is C15H14F4O. The van der Waals surface area contributed by atoms with Gasteiger partial charge in [-0.05, 0) is 30.4 Å². The van der Waals surface area contributed by atoms with E-state index in [1.165, 1.54) is 0 Å². The molecule has 0 amide bonds. The lowest BCUT2D eigenvalue weighted by atomic mass is 10.1. The first-order valence-electron chi connectivity index (χ1n) is 6.31. The van der Waals surface area contributed by atoms with Crippen LogP contribution >= 0.6 is 0 Å². The Bertz CT molecular complexity index is 514. The minimum Gasteiger partial charge on any atom is -0.486 e. The SMILES string of the molecule is FC(=C(OCc1ccccc1)C1=CCCC1)C(F)(F)F. The van der Waals surface area contributed by atoms with E-state index in [2.05, 4.69) is 0 Å². The fourth-order valence-electron chi connectivity index (χ4n) is 2.03. The zero-order valence-corrected chi connectivity index (χ0v) is 10.7. The Morgan fingerprint density at radius 3 is 2.40 bits per heavy atom. The largest absolute Gasteiger partial charge is 0.486 e. The van der Waals surface area contributed by atoms with Gasteiger partial charge in [-0.2, -0.15) is 17.6 Å². The van der Waals surface area contributed by atoms with Crippen LogP contribution in [0.2, 0.25) is 0 Å². The quantitative estimate of drug-likeness (QED) is 0.555. The average Bonchev–Trinajstić information content (AvgIpc) is 2.93. The summed E-state index contributed by atoms with van der Waals surface area (Å²) in [6.07, 6.45) is -1.63. The van der Waals surface area contributed by atoms with Crippen LogP contribution in [0, 0.1) is 0 Å². The van der Waals surface area contributed by atoms with Crippen molar-refractivity contribution >= 4 is 0 Å². The first kappa shape index (κ1) is 14.6. The number of rotatable bonds is 4. The molecule has 0 saturated carbocycles. The highest BCUT2D eigenvalue weighted by atomic mass is 19.4. The maximum atomic E-state index is 13.5. The van der Waals surface area contributed by atoms with Gasteiger partial charge in [-0.25, -0.2) is 0 Å². The summed E-state index contributed by atoms with van der Waals surface area (Å²) in [5.41, 5.74) is 0.995. The van der Waals surface area contributed by atoms with Crippen LogP contribution in [0.5, 0.6) is 0 Å². The van der Waals surface area contributed by atoms with Crippen molar-refractivity contribution in [2.45, 2.75) is 32.0 Å². The molecule has 1 aromatic rings. The first-order chi connectivity index (χ1) is 9.48. The molecule has 0 heterocycles. The van der Waals surface area contributed by atoms with Crippen molar-refractivity contribution in [1.82, 2.24) is 0 Å². The molecule has 0 saturated heterocycles.